The van der Waals surface area contributed by atoms with Crippen LogP contribution in [-0.2, 0) is 0 Å². The Hall–Kier alpha value is -2.09. The van der Waals surface area contributed by atoms with Crippen LogP contribution in [0.5, 0.6) is 5.75 Å². The number of phenolic OH excluding ortho intramolecular Hbond substituents is 1. The normalized spacial score (nSPS) is 10.1. The molecule has 0 amide bonds. The highest BCUT2D eigenvalue weighted by Gasteiger charge is 2.04. The third-order valence-corrected chi connectivity index (χ3v) is 2.49. The van der Waals surface area contributed by atoms with Gasteiger partial charge in [0.15, 0.2) is 0 Å². The highest BCUT2D eigenvalue weighted by molar-refractivity contribution is 5.80. The Morgan fingerprint density at radius 1 is 1.12 bits per heavy atom. The Labute approximate surface area is 94.2 Å². The number of carbonyl (C=O) groups is 1. The number of aldehydes is 1. The van der Waals surface area contributed by atoms with Crippen LogP contribution in [0.4, 0.5) is 0 Å². The van der Waals surface area contributed by atoms with Gasteiger partial charge in [0.2, 0.25) is 0 Å². The summed E-state index contributed by atoms with van der Waals surface area (Å²) in [6.45, 7) is 1.92. The Kier molecular flexibility index (Phi) is 2.73. The van der Waals surface area contributed by atoms with Gasteiger partial charge in [-0.25, -0.2) is 0 Å². The molecule has 0 bridgehead atoms. The molecule has 0 aliphatic rings. The first-order valence-electron chi connectivity index (χ1n) is 5.06. The summed E-state index contributed by atoms with van der Waals surface area (Å²) < 4.78 is 0. The molecule has 0 spiro atoms. The summed E-state index contributed by atoms with van der Waals surface area (Å²) in [5, 5.41) is 9.82. The third kappa shape index (κ3) is 1.96. The average Bonchev–Trinajstić information content (AvgIpc) is 2.29. The van der Waals surface area contributed by atoms with E-state index in [1.807, 2.05) is 25.1 Å². The quantitative estimate of drug-likeness (QED) is 0.776. The molecule has 0 atom stereocenters. The molecule has 0 radical (unpaired) electrons. The summed E-state index contributed by atoms with van der Waals surface area (Å²) >= 11 is 0. The van der Waals surface area contributed by atoms with E-state index < -0.39 is 0 Å². The van der Waals surface area contributed by atoms with Crippen LogP contribution in [0.3, 0.4) is 0 Å². The summed E-state index contributed by atoms with van der Waals surface area (Å²) in [5.41, 5.74) is 3.21. The van der Waals surface area contributed by atoms with Crippen molar-refractivity contribution in [1.82, 2.24) is 0 Å². The van der Waals surface area contributed by atoms with Gasteiger partial charge in [-0.1, -0.05) is 30.3 Å². The number of phenols is 1. The number of hydrogen-bond donors (Lipinski definition) is 1. The second kappa shape index (κ2) is 4.19. The maximum atomic E-state index is 10.7. The molecule has 0 fully saturated rings. The van der Waals surface area contributed by atoms with Crippen LogP contribution in [0, 0.1) is 6.92 Å². The second-order valence-electron chi connectivity index (χ2n) is 3.76. The molecule has 80 valence electrons. The predicted octanol–water partition coefficient (Wildman–Crippen LogP) is 3.18. The summed E-state index contributed by atoms with van der Waals surface area (Å²) in [4.78, 5) is 10.7. The first-order chi connectivity index (χ1) is 7.70. The van der Waals surface area contributed by atoms with E-state index in [2.05, 4.69) is 0 Å². The molecule has 0 aromatic heterocycles. The molecule has 16 heavy (non-hydrogen) atoms. The Balaban J connectivity index is 2.53. The lowest BCUT2D eigenvalue weighted by molar-refractivity contribution is 0.112. The molecule has 0 saturated carbocycles. The van der Waals surface area contributed by atoms with E-state index >= 15 is 0 Å². The van der Waals surface area contributed by atoms with Gasteiger partial charge in [0.25, 0.3) is 0 Å². The van der Waals surface area contributed by atoms with Gasteiger partial charge in [-0.15, -0.1) is 0 Å². The van der Waals surface area contributed by atoms with Gasteiger partial charge in [-0.2, -0.15) is 0 Å². The standard InChI is InChI=1S/C14H12O2/c1-10-5-6-13(14(16)7-10)12-4-2-3-11(8-12)9-15/h2-9,16H,1H3. The molecule has 2 heteroatoms. The van der Waals surface area contributed by atoms with Crippen molar-refractivity contribution in [2.45, 2.75) is 6.92 Å². The van der Waals surface area contributed by atoms with Crippen molar-refractivity contribution < 1.29 is 9.90 Å². The topological polar surface area (TPSA) is 37.3 Å². The molecule has 0 unspecified atom stereocenters. The van der Waals surface area contributed by atoms with Crippen molar-refractivity contribution in [2.75, 3.05) is 0 Å². The molecule has 2 rings (SSSR count). The predicted molar refractivity (Wildman–Crippen MR) is 63.7 cm³/mol. The van der Waals surface area contributed by atoms with Crippen LogP contribution in [0.25, 0.3) is 11.1 Å². The van der Waals surface area contributed by atoms with E-state index in [-0.39, 0.29) is 5.75 Å². The van der Waals surface area contributed by atoms with Crippen LogP contribution in [0.2, 0.25) is 0 Å². The average molecular weight is 212 g/mol. The van der Waals surface area contributed by atoms with E-state index in [9.17, 15) is 9.90 Å². The largest absolute Gasteiger partial charge is 0.507 e. The zero-order chi connectivity index (χ0) is 11.5. The molecule has 0 aliphatic heterocycles. The van der Waals surface area contributed by atoms with Gasteiger partial charge in [-0.05, 0) is 30.2 Å². The maximum absolute atomic E-state index is 10.7. The number of hydrogen-bond acceptors (Lipinski definition) is 2. The molecule has 2 aromatic rings. The minimum atomic E-state index is 0.239. The lowest BCUT2D eigenvalue weighted by atomic mass is 10.0. The van der Waals surface area contributed by atoms with Gasteiger partial charge in [0.05, 0.1) is 0 Å². The van der Waals surface area contributed by atoms with Crippen LogP contribution in [0.1, 0.15) is 15.9 Å². The summed E-state index contributed by atoms with van der Waals surface area (Å²) in [6, 6.07) is 12.7. The zero-order valence-corrected chi connectivity index (χ0v) is 8.97. The molecule has 0 saturated heterocycles. The van der Waals surface area contributed by atoms with Crippen LogP contribution >= 0.6 is 0 Å². The molecule has 0 heterocycles. The Bertz CT molecular complexity index is 530. The number of benzene rings is 2. The monoisotopic (exact) mass is 212 g/mol. The van der Waals surface area contributed by atoms with Crippen LogP contribution in [0.15, 0.2) is 42.5 Å². The van der Waals surface area contributed by atoms with E-state index in [1.165, 1.54) is 0 Å². The minimum Gasteiger partial charge on any atom is -0.507 e. The van der Waals surface area contributed by atoms with E-state index in [0.29, 0.717) is 5.56 Å². The fourth-order valence-corrected chi connectivity index (χ4v) is 1.67. The van der Waals surface area contributed by atoms with Crippen molar-refractivity contribution in [3.8, 4) is 16.9 Å². The van der Waals surface area contributed by atoms with E-state index in [4.69, 9.17) is 0 Å². The van der Waals surface area contributed by atoms with Crippen molar-refractivity contribution in [2.24, 2.45) is 0 Å². The lowest BCUT2D eigenvalue weighted by Crippen LogP contribution is -1.84. The number of aromatic hydroxyl groups is 1. The van der Waals surface area contributed by atoms with Crippen molar-refractivity contribution in [3.05, 3.63) is 53.6 Å². The van der Waals surface area contributed by atoms with Gasteiger partial charge in [0, 0.05) is 11.1 Å². The Morgan fingerprint density at radius 2 is 1.94 bits per heavy atom. The van der Waals surface area contributed by atoms with Crippen LogP contribution in [-0.4, -0.2) is 11.4 Å². The van der Waals surface area contributed by atoms with Gasteiger partial charge < -0.3 is 5.11 Å². The summed E-state index contributed by atoms with van der Waals surface area (Å²) in [7, 11) is 0. The minimum absolute atomic E-state index is 0.239. The fraction of sp³-hybridized carbons (Fsp3) is 0.0714. The molecule has 2 aromatic carbocycles. The van der Waals surface area contributed by atoms with Gasteiger partial charge in [-0.3, -0.25) is 4.79 Å². The summed E-state index contributed by atoms with van der Waals surface area (Å²) in [6.07, 6.45) is 0.800. The fourth-order valence-electron chi connectivity index (χ4n) is 1.67. The molecule has 1 N–H and O–H groups in total. The lowest BCUT2D eigenvalue weighted by Gasteiger charge is -2.06. The number of rotatable bonds is 2. The van der Waals surface area contributed by atoms with Crippen molar-refractivity contribution >= 4 is 6.29 Å². The zero-order valence-electron chi connectivity index (χ0n) is 8.97. The van der Waals surface area contributed by atoms with Crippen LogP contribution < -0.4 is 0 Å². The van der Waals surface area contributed by atoms with E-state index in [0.717, 1.165) is 23.0 Å². The highest BCUT2D eigenvalue weighted by Crippen LogP contribution is 2.29. The second-order valence-corrected chi connectivity index (χ2v) is 3.76. The highest BCUT2D eigenvalue weighted by atomic mass is 16.3. The first kappa shape index (κ1) is 10.4. The van der Waals surface area contributed by atoms with Crippen molar-refractivity contribution in [3.63, 3.8) is 0 Å². The maximum Gasteiger partial charge on any atom is 0.150 e. The molecular weight excluding hydrogens is 200 g/mol. The molecular formula is C14H12O2. The van der Waals surface area contributed by atoms with Gasteiger partial charge in [0.1, 0.15) is 12.0 Å². The molecule has 2 nitrogen and oxygen atoms in total. The smallest absolute Gasteiger partial charge is 0.150 e. The SMILES string of the molecule is Cc1ccc(-c2cccc(C=O)c2)c(O)c1. The Morgan fingerprint density at radius 3 is 2.62 bits per heavy atom. The van der Waals surface area contributed by atoms with Crippen molar-refractivity contribution in [1.29, 1.82) is 0 Å². The summed E-state index contributed by atoms with van der Waals surface area (Å²) in [5.74, 6) is 0.239. The van der Waals surface area contributed by atoms with Gasteiger partial charge >= 0.3 is 0 Å². The first-order valence-corrected chi connectivity index (χ1v) is 5.06. The number of aryl methyl sites for hydroxylation is 1. The van der Waals surface area contributed by atoms with E-state index in [1.54, 1.807) is 24.3 Å². The number of carbonyl (C=O) groups excluding carboxylic acids is 1. The third-order valence-electron chi connectivity index (χ3n) is 2.49. The molecule has 0 aliphatic carbocycles.